The van der Waals surface area contributed by atoms with Crippen LogP contribution >= 0.6 is 0 Å². The van der Waals surface area contributed by atoms with Gasteiger partial charge in [-0.15, -0.1) is 0 Å². The summed E-state index contributed by atoms with van der Waals surface area (Å²) in [6.07, 6.45) is -3.54. The minimum Gasteiger partial charge on any atom is -0.359 e. The van der Waals surface area contributed by atoms with Crippen molar-refractivity contribution in [2.45, 2.75) is 38.1 Å². The number of rotatable bonds is 5. The molecule has 2 atom stereocenters. The number of amides is 1. The van der Waals surface area contributed by atoms with Crippen molar-refractivity contribution in [3.8, 4) is 0 Å². The molecule has 124 valence electrons. The predicted octanol–water partition coefficient (Wildman–Crippen LogP) is 0.494. The summed E-state index contributed by atoms with van der Waals surface area (Å²) in [6, 6.07) is -0.424. The number of nitrogens with zero attached hydrogens (tertiary/aromatic N) is 1. The Morgan fingerprint density at radius 3 is 2.62 bits per heavy atom. The van der Waals surface area contributed by atoms with Crippen LogP contribution in [-0.2, 0) is 19.6 Å². The molecule has 1 fully saturated rings. The van der Waals surface area contributed by atoms with Gasteiger partial charge in [-0.3, -0.25) is 4.79 Å². The van der Waals surface area contributed by atoms with E-state index >= 15 is 0 Å². The first-order valence-electron chi connectivity index (χ1n) is 6.42. The molecule has 0 aromatic rings. The Balaban J connectivity index is 2.53. The highest BCUT2D eigenvalue weighted by atomic mass is 32.2. The normalized spacial score (nSPS) is 22.1. The largest absolute Gasteiger partial charge is 0.411 e. The molecule has 0 radical (unpaired) electrons. The lowest BCUT2D eigenvalue weighted by atomic mass is 10.1. The van der Waals surface area contributed by atoms with Crippen LogP contribution in [0.15, 0.2) is 0 Å². The smallest absolute Gasteiger partial charge is 0.359 e. The number of hydrogen-bond donors (Lipinski definition) is 1. The number of likely N-dealkylation sites (tertiary alicyclic amines) is 1. The monoisotopic (exact) mass is 332 g/mol. The fraction of sp³-hybridized carbons (Fsp3) is 0.909. The highest BCUT2D eigenvalue weighted by molar-refractivity contribution is 7.88. The third kappa shape index (κ3) is 7.09. The number of alkyl halides is 3. The Labute approximate surface area is 121 Å². The molecule has 0 unspecified atom stereocenters. The number of halogens is 3. The van der Waals surface area contributed by atoms with Crippen LogP contribution in [0.4, 0.5) is 13.2 Å². The third-order valence-electron chi connectivity index (χ3n) is 2.96. The Bertz CT molecular complexity index is 467. The van der Waals surface area contributed by atoms with Gasteiger partial charge in [0.15, 0.2) is 0 Å². The fourth-order valence-corrected chi connectivity index (χ4v) is 2.92. The lowest BCUT2D eigenvalue weighted by Crippen LogP contribution is -2.51. The van der Waals surface area contributed by atoms with Gasteiger partial charge in [0.05, 0.1) is 6.26 Å². The van der Waals surface area contributed by atoms with Crippen LogP contribution < -0.4 is 4.72 Å². The Kier molecular flexibility index (Phi) is 6.00. The molecule has 6 nitrogen and oxygen atoms in total. The molecule has 1 aliphatic heterocycles. The number of hydrogen-bond acceptors (Lipinski definition) is 4. The van der Waals surface area contributed by atoms with Gasteiger partial charge in [-0.25, -0.2) is 13.1 Å². The lowest BCUT2D eigenvalue weighted by Gasteiger charge is -2.34. The number of piperidine rings is 1. The zero-order valence-corrected chi connectivity index (χ0v) is 12.6. The third-order valence-corrected chi connectivity index (χ3v) is 3.72. The first-order chi connectivity index (χ1) is 9.48. The van der Waals surface area contributed by atoms with Gasteiger partial charge in [0, 0.05) is 19.1 Å². The van der Waals surface area contributed by atoms with E-state index in [1.807, 2.05) is 0 Å². The second-order valence-corrected chi connectivity index (χ2v) is 6.86. The average Bonchev–Trinajstić information content (AvgIpc) is 2.32. The van der Waals surface area contributed by atoms with E-state index in [1.165, 1.54) is 11.8 Å². The second kappa shape index (κ2) is 6.93. The average molecular weight is 332 g/mol. The first-order valence-corrected chi connectivity index (χ1v) is 8.31. The van der Waals surface area contributed by atoms with Crippen LogP contribution in [0, 0.1) is 0 Å². The highest BCUT2D eigenvalue weighted by Crippen LogP contribution is 2.17. The molecule has 0 aromatic carbocycles. The van der Waals surface area contributed by atoms with Gasteiger partial charge < -0.3 is 9.64 Å². The van der Waals surface area contributed by atoms with Crippen molar-refractivity contribution in [1.82, 2.24) is 9.62 Å². The molecule has 1 rings (SSSR count). The Morgan fingerprint density at radius 1 is 1.48 bits per heavy atom. The van der Waals surface area contributed by atoms with Gasteiger partial charge in [-0.05, 0) is 19.8 Å². The Hall–Kier alpha value is -0.870. The summed E-state index contributed by atoms with van der Waals surface area (Å²) < 4.78 is 65.3. The van der Waals surface area contributed by atoms with E-state index < -0.39 is 40.9 Å². The van der Waals surface area contributed by atoms with E-state index in [9.17, 15) is 26.4 Å². The first kappa shape index (κ1) is 18.2. The molecule has 0 aromatic heterocycles. The molecule has 21 heavy (non-hydrogen) atoms. The van der Waals surface area contributed by atoms with Crippen molar-refractivity contribution in [3.05, 3.63) is 0 Å². The second-order valence-electron chi connectivity index (χ2n) is 5.08. The number of ether oxygens (including phenoxy) is 1. The number of carbonyl (C=O) groups excluding carboxylic acids is 1. The van der Waals surface area contributed by atoms with Crippen molar-refractivity contribution in [3.63, 3.8) is 0 Å². The van der Waals surface area contributed by atoms with Gasteiger partial charge >= 0.3 is 6.18 Å². The van der Waals surface area contributed by atoms with Crippen LogP contribution in [0.2, 0.25) is 0 Å². The molecular weight excluding hydrogens is 313 g/mol. The van der Waals surface area contributed by atoms with Gasteiger partial charge in [0.1, 0.15) is 12.7 Å². The number of sulfonamides is 1. The predicted molar refractivity (Wildman–Crippen MR) is 69.1 cm³/mol. The van der Waals surface area contributed by atoms with Gasteiger partial charge in [0.2, 0.25) is 10.0 Å². The van der Waals surface area contributed by atoms with Crippen LogP contribution in [0.25, 0.3) is 0 Å². The minimum atomic E-state index is -4.49. The molecule has 0 saturated carbocycles. The van der Waals surface area contributed by atoms with E-state index in [0.717, 1.165) is 6.26 Å². The van der Waals surface area contributed by atoms with Gasteiger partial charge in [0.25, 0.3) is 5.91 Å². The molecule has 1 saturated heterocycles. The molecular formula is C11H19F3N2O4S. The van der Waals surface area contributed by atoms with Crippen molar-refractivity contribution < 1.29 is 31.1 Å². The zero-order valence-electron chi connectivity index (χ0n) is 11.8. The summed E-state index contributed by atoms with van der Waals surface area (Å²) in [5.74, 6) is -0.570. The van der Waals surface area contributed by atoms with Crippen molar-refractivity contribution >= 4 is 15.9 Å². The maximum Gasteiger partial charge on any atom is 0.411 e. The summed E-state index contributed by atoms with van der Waals surface area (Å²) in [5.41, 5.74) is 0. The van der Waals surface area contributed by atoms with Crippen molar-refractivity contribution in [2.75, 3.05) is 26.0 Å². The van der Waals surface area contributed by atoms with E-state index in [-0.39, 0.29) is 6.54 Å². The van der Waals surface area contributed by atoms with Crippen molar-refractivity contribution in [2.24, 2.45) is 0 Å². The quantitative estimate of drug-likeness (QED) is 0.795. The van der Waals surface area contributed by atoms with E-state index in [0.29, 0.717) is 19.4 Å². The molecule has 10 heteroatoms. The summed E-state index contributed by atoms with van der Waals surface area (Å²) in [7, 11) is -3.39. The summed E-state index contributed by atoms with van der Waals surface area (Å²) >= 11 is 0. The Morgan fingerprint density at radius 2 is 2.10 bits per heavy atom. The standard InChI is InChI=1S/C11H19F3N2O4S/c1-8(20-7-11(12,13)14)10(17)16-5-3-4-9(6-16)15-21(2,18)19/h8-9,15H,3-7H2,1-2H3/t8-,9-/m1/s1. The van der Waals surface area contributed by atoms with E-state index in [1.54, 1.807) is 0 Å². The maximum atomic E-state index is 12.0. The van der Waals surface area contributed by atoms with E-state index in [2.05, 4.69) is 9.46 Å². The van der Waals surface area contributed by atoms with Crippen molar-refractivity contribution in [1.29, 1.82) is 0 Å². The minimum absolute atomic E-state index is 0.131. The van der Waals surface area contributed by atoms with Gasteiger partial charge in [-0.2, -0.15) is 13.2 Å². The SMILES string of the molecule is C[C@@H](OCC(F)(F)F)C(=O)N1CCC[C@@H](NS(C)(=O)=O)C1. The van der Waals surface area contributed by atoms with Crippen LogP contribution in [0.1, 0.15) is 19.8 Å². The van der Waals surface area contributed by atoms with E-state index in [4.69, 9.17) is 0 Å². The van der Waals surface area contributed by atoms with Crippen LogP contribution in [0.5, 0.6) is 0 Å². The molecule has 1 N–H and O–H groups in total. The molecule has 0 bridgehead atoms. The topological polar surface area (TPSA) is 75.7 Å². The fourth-order valence-electron chi connectivity index (χ4n) is 2.12. The number of carbonyl (C=O) groups is 1. The van der Waals surface area contributed by atoms with Crippen LogP contribution in [0.3, 0.4) is 0 Å². The molecule has 1 aliphatic rings. The lowest BCUT2D eigenvalue weighted by molar-refractivity contribution is -0.188. The molecule has 1 heterocycles. The summed E-state index contributed by atoms with van der Waals surface area (Å²) in [6.45, 7) is 0.270. The van der Waals surface area contributed by atoms with Gasteiger partial charge in [-0.1, -0.05) is 0 Å². The molecule has 0 spiro atoms. The van der Waals surface area contributed by atoms with Crippen LogP contribution in [-0.4, -0.2) is 63.5 Å². The summed E-state index contributed by atoms with van der Waals surface area (Å²) in [4.78, 5) is 13.3. The zero-order chi connectivity index (χ0) is 16.3. The molecule has 1 amide bonds. The maximum absolute atomic E-state index is 12.0. The number of nitrogens with one attached hydrogen (secondary N) is 1. The molecule has 0 aliphatic carbocycles. The summed E-state index contributed by atoms with van der Waals surface area (Å²) in [5, 5.41) is 0. The highest BCUT2D eigenvalue weighted by Gasteiger charge is 2.32.